The molecule has 3 aromatic rings. The molecular weight excluding hydrogens is 374 g/mol. The maximum absolute atomic E-state index is 12.8. The Kier molecular flexibility index (Phi) is 5.26. The average Bonchev–Trinajstić information content (AvgIpc) is 3.41. The van der Waals surface area contributed by atoms with Crippen molar-refractivity contribution in [1.29, 1.82) is 0 Å². The van der Waals surface area contributed by atoms with Crippen LogP contribution in [0.4, 0.5) is 5.69 Å². The average molecular weight is 397 g/mol. The van der Waals surface area contributed by atoms with Crippen molar-refractivity contribution in [2.45, 2.75) is 18.9 Å². The minimum Gasteiger partial charge on any atom is -0.493 e. The fraction of sp³-hybridized carbons (Fsp3) is 0.333. The summed E-state index contributed by atoms with van der Waals surface area (Å²) in [6.07, 6.45) is 2.02. The van der Waals surface area contributed by atoms with E-state index in [1.54, 1.807) is 12.1 Å². The summed E-state index contributed by atoms with van der Waals surface area (Å²) in [6, 6.07) is 8.77. The Hall–Kier alpha value is -3.26. The van der Waals surface area contributed by atoms with Gasteiger partial charge in [0.05, 0.1) is 32.4 Å². The molecule has 152 valence electrons. The monoisotopic (exact) mass is 397 g/mol. The lowest BCUT2D eigenvalue weighted by Crippen LogP contribution is -2.12. The van der Waals surface area contributed by atoms with Crippen LogP contribution in [0.1, 0.15) is 35.1 Å². The van der Waals surface area contributed by atoms with Crippen molar-refractivity contribution < 1.29 is 23.7 Å². The van der Waals surface area contributed by atoms with Crippen LogP contribution in [-0.4, -0.2) is 43.8 Å². The third kappa shape index (κ3) is 3.71. The Balaban J connectivity index is 1.58. The molecule has 0 unspecified atom stereocenters. The second kappa shape index (κ2) is 8.00. The number of fused-ring (bicyclic) bond motifs is 1. The second-order valence-electron chi connectivity index (χ2n) is 6.72. The number of carbonyl (C=O) groups is 1. The van der Waals surface area contributed by atoms with E-state index in [0.717, 1.165) is 36.3 Å². The number of nitrogens with one attached hydrogen (secondary N) is 2. The molecule has 1 aliphatic rings. The number of aromatic amines is 1. The molecule has 2 aromatic carbocycles. The molecule has 0 bridgehead atoms. The number of benzene rings is 2. The molecule has 1 fully saturated rings. The molecule has 2 N–H and O–H groups in total. The maximum Gasteiger partial charge on any atom is 0.255 e. The van der Waals surface area contributed by atoms with Crippen LogP contribution < -0.4 is 19.5 Å². The van der Waals surface area contributed by atoms with Gasteiger partial charge in [0.1, 0.15) is 11.9 Å². The summed E-state index contributed by atoms with van der Waals surface area (Å²) in [5, 5.41) is 2.90. The number of H-pyrrole nitrogens is 1. The van der Waals surface area contributed by atoms with E-state index in [9.17, 15) is 4.79 Å². The zero-order valence-corrected chi connectivity index (χ0v) is 16.6. The van der Waals surface area contributed by atoms with Gasteiger partial charge in [0.2, 0.25) is 5.75 Å². The number of aromatic nitrogens is 2. The van der Waals surface area contributed by atoms with E-state index in [1.165, 1.54) is 21.3 Å². The molecule has 0 saturated carbocycles. The Morgan fingerprint density at radius 3 is 2.52 bits per heavy atom. The van der Waals surface area contributed by atoms with Gasteiger partial charge in [-0.3, -0.25) is 4.79 Å². The summed E-state index contributed by atoms with van der Waals surface area (Å²) in [5.41, 5.74) is 2.72. The molecule has 8 heteroatoms. The van der Waals surface area contributed by atoms with Gasteiger partial charge in [-0.1, -0.05) is 0 Å². The first-order valence-corrected chi connectivity index (χ1v) is 9.35. The molecule has 8 nitrogen and oxygen atoms in total. The number of carbonyl (C=O) groups excluding carboxylic acids is 1. The van der Waals surface area contributed by atoms with E-state index < -0.39 is 0 Å². The Morgan fingerprint density at radius 2 is 1.90 bits per heavy atom. The number of ether oxygens (including phenoxy) is 4. The summed E-state index contributed by atoms with van der Waals surface area (Å²) in [5.74, 6) is 1.81. The van der Waals surface area contributed by atoms with Crippen LogP contribution >= 0.6 is 0 Å². The smallest absolute Gasteiger partial charge is 0.255 e. The van der Waals surface area contributed by atoms with E-state index >= 15 is 0 Å². The highest BCUT2D eigenvalue weighted by Gasteiger charge is 2.21. The molecule has 1 saturated heterocycles. The Labute approximate surface area is 168 Å². The van der Waals surface area contributed by atoms with E-state index in [4.69, 9.17) is 18.9 Å². The summed E-state index contributed by atoms with van der Waals surface area (Å²) in [7, 11) is 4.54. The van der Waals surface area contributed by atoms with Crippen molar-refractivity contribution in [3.8, 4) is 17.2 Å². The third-order valence-corrected chi connectivity index (χ3v) is 4.92. The molecule has 1 amide bonds. The van der Waals surface area contributed by atoms with Gasteiger partial charge in [-0.2, -0.15) is 0 Å². The SMILES string of the molecule is COc1cc(C(=O)Nc2ccc3nc([C@H]4CCCO4)[nH]c3c2)cc(OC)c1OC. The first-order chi connectivity index (χ1) is 14.1. The van der Waals surface area contributed by atoms with Gasteiger partial charge in [-0.05, 0) is 43.2 Å². The van der Waals surface area contributed by atoms with Gasteiger partial charge < -0.3 is 29.2 Å². The molecular formula is C21H23N3O5. The highest BCUT2D eigenvalue weighted by atomic mass is 16.5. The van der Waals surface area contributed by atoms with Crippen LogP contribution in [0.3, 0.4) is 0 Å². The molecule has 2 heterocycles. The number of rotatable bonds is 6. The van der Waals surface area contributed by atoms with Crippen molar-refractivity contribution >= 4 is 22.6 Å². The van der Waals surface area contributed by atoms with Crippen molar-refractivity contribution in [3.05, 3.63) is 41.7 Å². The van der Waals surface area contributed by atoms with Crippen molar-refractivity contribution in [2.24, 2.45) is 0 Å². The molecule has 4 rings (SSSR count). The van der Waals surface area contributed by atoms with Crippen LogP contribution in [0.25, 0.3) is 11.0 Å². The summed E-state index contributed by atoms with van der Waals surface area (Å²) in [6.45, 7) is 0.762. The molecule has 0 aliphatic carbocycles. The first-order valence-electron chi connectivity index (χ1n) is 9.35. The van der Waals surface area contributed by atoms with Crippen molar-refractivity contribution in [3.63, 3.8) is 0 Å². The third-order valence-electron chi connectivity index (χ3n) is 4.92. The zero-order valence-electron chi connectivity index (χ0n) is 16.6. The lowest BCUT2D eigenvalue weighted by Gasteiger charge is -2.14. The predicted molar refractivity (Wildman–Crippen MR) is 108 cm³/mol. The standard InChI is InChI=1S/C21H23N3O5/c1-26-17-9-12(10-18(27-2)19(17)28-3)21(25)22-13-6-7-14-15(11-13)24-20(23-14)16-5-4-8-29-16/h6-7,9-11,16H,4-5,8H2,1-3H3,(H,22,25)(H,23,24)/t16-/m1/s1. The fourth-order valence-electron chi connectivity index (χ4n) is 3.47. The number of nitrogens with zero attached hydrogens (tertiary/aromatic N) is 1. The minimum absolute atomic E-state index is 0.0136. The van der Waals surface area contributed by atoms with Gasteiger partial charge in [-0.25, -0.2) is 4.98 Å². The number of imidazole rings is 1. The van der Waals surface area contributed by atoms with Crippen molar-refractivity contribution in [2.75, 3.05) is 33.3 Å². The van der Waals surface area contributed by atoms with Crippen LogP contribution in [0.15, 0.2) is 30.3 Å². The van der Waals surface area contributed by atoms with Gasteiger partial charge in [0.25, 0.3) is 5.91 Å². The van der Waals surface area contributed by atoms with Gasteiger partial charge in [0, 0.05) is 17.9 Å². The van der Waals surface area contributed by atoms with Gasteiger partial charge in [0.15, 0.2) is 11.5 Å². The molecule has 29 heavy (non-hydrogen) atoms. The minimum atomic E-state index is -0.289. The van der Waals surface area contributed by atoms with Gasteiger partial charge >= 0.3 is 0 Å². The predicted octanol–water partition coefficient (Wildman–Crippen LogP) is 3.69. The maximum atomic E-state index is 12.8. The molecule has 0 radical (unpaired) electrons. The van der Waals surface area contributed by atoms with E-state index in [0.29, 0.717) is 28.5 Å². The largest absolute Gasteiger partial charge is 0.493 e. The lowest BCUT2D eigenvalue weighted by molar-refractivity contribution is 0.102. The highest BCUT2D eigenvalue weighted by Crippen LogP contribution is 2.38. The topological polar surface area (TPSA) is 94.7 Å². The fourth-order valence-corrected chi connectivity index (χ4v) is 3.47. The highest BCUT2D eigenvalue weighted by molar-refractivity contribution is 6.05. The quantitative estimate of drug-likeness (QED) is 0.659. The number of amides is 1. The number of hydrogen-bond acceptors (Lipinski definition) is 6. The Bertz CT molecular complexity index is 1010. The van der Waals surface area contributed by atoms with E-state index in [2.05, 4.69) is 15.3 Å². The van der Waals surface area contributed by atoms with E-state index in [1.807, 2.05) is 18.2 Å². The Morgan fingerprint density at radius 1 is 1.14 bits per heavy atom. The molecule has 1 aromatic heterocycles. The van der Waals surface area contributed by atoms with Gasteiger partial charge in [-0.15, -0.1) is 0 Å². The summed E-state index contributed by atoms with van der Waals surface area (Å²) < 4.78 is 21.6. The van der Waals surface area contributed by atoms with Crippen LogP contribution in [-0.2, 0) is 4.74 Å². The lowest BCUT2D eigenvalue weighted by atomic mass is 10.1. The van der Waals surface area contributed by atoms with Crippen LogP contribution in [0.2, 0.25) is 0 Å². The van der Waals surface area contributed by atoms with Crippen LogP contribution in [0.5, 0.6) is 17.2 Å². The normalized spacial score (nSPS) is 16.0. The number of anilines is 1. The molecule has 0 spiro atoms. The molecule has 1 aliphatic heterocycles. The number of hydrogen-bond donors (Lipinski definition) is 2. The second-order valence-corrected chi connectivity index (χ2v) is 6.72. The van der Waals surface area contributed by atoms with E-state index in [-0.39, 0.29) is 12.0 Å². The zero-order chi connectivity index (χ0) is 20.4. The number of methoxy groups -OCH3 is 3. The summed E-state index contributed by atoms with van der Waals surface area (Å²) >= 11 is 0. The van der Waals surface area contributed by atoms with Crippen molar-refractivity contribution in [1.82, 2.24) is 9.97 Å². The van der Waals surface area contributed by atoms with Crippen LogP contribution in [0, 0.1) is 0 Å². The molecule has 1 atom stereocenters. The first kappa shape index (κ1) is 19.1. The summed E-state index contributed by atoms with van der Waals surface area (Å²) in [4.78, 5) is 20.7.